The van der Waals surface area contributed by atoms with E-state index in [-0.39, 0.29) is 0 Å². The standard InChI is InChI=1S/C13H19N5O/c1-17(2)6-3-7-19-13-5-4-11(14)8-12(13)18-9-15-16-10-18/h4-5,8-10H,3,6-7,14H2,1-2H3. The first kappa shape index (κ1) is 13.4. The van der Waals surface area contributed by atoms with Gasteiger partial charge in [-0.2, -0.15) is 0 Å². The van der Waals surface area contributed by atoms with Crippen molar-refractivity contribution in [3.8, 4) is 11.4 Å². The molecule has 0 aliphatic rings. The summed E-state index contributed by atoms with van der Waals surface area (Å²) in [4.78, 5) is 2.13. The van der Waals surface area contributed by atoms with Crippen LogP contribution in [0.4, 0.5) is 5.69 Å². The van der Waals surface area contributed by atoms with Gasteiger partial charge in [-0.3, -0.25) is 4.57 Å². The van der Waals surface area contributed by atoms with Gasteiger partial charge < -0.3 is 15.4 Å². The molecule has 6 nitrogen and oxygen atoms in total. The summed E-state index contributed by atoms with van der Waals surface area (Å²) in [6.45, 7) is 1.66. The highest BCUT2D eigenvalue weighted by Crippen LogP contribution is 2.25. The van der Waals surface area contributed by atoms with E-state index in [4.69, 9.17) is 10.5 Å². The molecular formula is C13H19N5O. The normalized spacial score (nSPS) is 10.9. The smallest absolute Gasteiger partial charge is 0.143 e. The Hall–Kier alpha value is -2.08. The highest BCUT2D eigenvalue weighted by molar-refractivity contribution is 5.56. The molecule has 0 saturated carbocycles. The minimum Gasteiger partial charge on any atom is -0.491 e. The Balaban J connectivity index is 2.08. The van der Waals surface area contributed by atoms with Crippen molar-refractivity contribution in [2.24, 2.45) is 0 Å². The Labute approximate surface area is 112 Å². The van der Waals surface area contributed by atoms with Gasteiger partial charge >= 0.3 is 0 Å². The van der Waals surface area contributed by atoms with E-state index in [1.54, 1.807) is 17.2 Å². The monoisotopic (exact) mass is 261 g/mol. The van der Waals surface area contributed by atoms with Crippen molar-refractivity contribution < 1.29 is 4.74 Å². The second-order valence-corrected chi connectivity index (χ2v) is 4.60. The molecule has 0 atom stereocenters. The number of benzene rings is 1. The SMILES string of the molecule is CN(C)CCCOc1ccc(N)cc1-n1cnnc1. The van der Waals surface area contributed by atoms with E-state index in [0.717, 1.165) is 24.4 Å². The number of nitrogens with two attached hydrogens (primary N) is 1. The zero-order valence-corrected chi connectivity index (χ0v) is 11.3. The summed E-state index contributed by atoms with van der Waals surface area (Å²) in [6, 6.07) is 5.56. The molecule has 102 valence electrons. The van der Waals surface area contributed by atoms with Crippen LogP contribution in [0.2, 0.25) is 0 Å². The second kappa shape index (κ2) is 6.19. The minimum atomic E-state index is 0.664. The molecule has 0 radical (unpaired) electrons. The maximum atomic E-state index is 5.81. The second-order valence-electron chi connectivity index (χ2n) is 4.60. The van der Waals surface area contributed by atoms with E-state index in [9.17, 15) is 0 Å². The third-order valence-electron chi connectivity index (χ3n) is 2.69. The van der Waals surface area contributed by atoms with Crippen molar-refractivity contribution in [2.75, 3.05) is 33.0 Å². The van der Waals surface area contributed by atoms with Gasteiger partial charge in [-0.25, -0.2) is 0 Å². The fraction of sp³-hybridized carbons (Fsp3) is 0.385. The predicted octanol–water partition coefficient (Wildman–Crippen LogP) is 1.18. The first-order valence-electron chi connectivity index (χ1n) is 6.19. The number of hydrogen-bond donors (Lipinski definition) is 1. The van der Waals surface area contributed by atoms with Crippen molar-refractivity contribution >= 4 is 5.69 Å². The van der Waals surface area contributed by atoms with Crippen molar-refractivity contribution in [1.82, 2.24) is 19.7 Å². The lowest BCUT2D eigenvalue weighted by Crippen LogP contribution is -2.15. The van der Waals surface area contributed by atoms with Crippen molar-refractivity contribution in [3.63, 3.8) is 0 Å². The van der Waals surface area contributed by atoms with Crippen LogP contribution in [-0.4, -0.2) is 46.9 Å². The average Bonchev–Trinajstić information content (AvgIpc) is 2.89. The number of rotatable bonds is 6. The molecule has 1 aromatic carbocycles. The predicted molar refractivity (Wildman–Crippen MR) is 74.4 cm³/mol. The van der Waals surface area contributed by atoms with Crippen LogP contribution in [-0.2, 0) is 0 Å². The molecule has 0 bridgehead atoms. The molecule has 1 heterocycles. The lowest BCUT2D eigenvalue weighted by molar-refractivity contribution is 0.281. The fourth-order valence-electron chi connectivity index (χ4n) is 1.75. The minimum absolute atomic E-state index is 0.664. The Kier molecular flexibility index (Phi) is 4.35. The number of anilines is 1. The van der Waals surface area contributed by atoms with E-state index in [0.29, 0.717) is 12.3 Å². The summed E-state index contributed by atoms with van der Waals surface area (Å²) in [7, 11) is 4.09. The average molecular weight is 261 g/mol. The van der Waals surface area contributed by atoms with E-state index in [2.05, 4.69) is 15.1 Å². The maximum absolute atomic E-state index is 5.81. The summed E-state index contributed by atoms with van der Waals surface area (Å²) < 4.78 is 7.60. The van der Waals surface area contributed by atoms with Crippen LogP contribution >= 0.6 is 0 Å². The molecule has 2 aromatic rings. The number of nitrogen functional groups attached to an aromatic ring is 1. The third kappa shape index (κ3) is 3.69. The van der Waals surface area contributed by atoms with Gasteiger partial charge in [-0.05, 0) is 38.7 Å². The van der Waals surface area contributed by atoms with Crippen LogP contribution in [0.25, 0.3) is 5.69 Å². The highest BCUT2D eigenvalue weighted by atomic mass is 16.5. The van der Waals surface area contributed by atoms with Crippen LogP contribution in [0, 0.1) is 0 Å². The molecule has 6 heteroatoms. The van der Waals surface area contributed by atoms with Crippen LogP contribution < -0.4 is 10.5 Å². The lowest BCUT2D eigenvalue weighted by atomic mass is 10.2. The molecule has 0 amide bonds. The first-order valence-corrected chi connectivity index (χ1v) is 6.19. The van der Waals surface area contributed by atoms with Crippen molar-refractivity contribution in [1.29, 1.82) is 0 Å². The van der Waals surface area contributed by atoms with Gasteiger partial charge in [-0.1, -0.05) is 0 Å². The van der Waals surface area contributed by atoms with Crippen molar-refractivity contribution in [3.05, 3.63) is 30.9 Å². The number of aromatic nitrogens is 3. The summed E-state index contributed by atoms with van der Waals surface area (Å²) in [5, 5.41) is 7.60. The van der Waals surface area contributed by atoms with E-state index in [1.165, 1.54) is 0 Å². The van der Waals surface area contributed by atoms with Gasteiger partial charge in [0, 0.05) is 12.2 Å². The van der Waals surface area contributed by atoms with Crippen LogP contribution in [0.5, 0.6) is 5.75 Å². The molecule has 0 aliphatic carbocycles. The fourth-order valence-corrected chi connectivity index (χ4v) is 1.75. The van der Waals surface area contributed by atoms with Gasteiger partial charge in [0.1, 0.15) is 18.4 Å². The zero-order valence-electron chi connectivity index (χ0n) is 11.3. The van der Waals surface area contributed by atoms with E-state index < -0.39 is 0 Å². The zero-order chi connectivity index (χ0) is 13.7. The largest absolute Gasteiger partial charge is 0.491 e. The van der Waals surface area contributed by atoms with Crippen LogP contribution in [0.15, 0.2) is 30.9 Å². The number of hydrogen-bond acceptors (Lipinski definition) is 5. The quantitative estimate of drug-likeness (QED) is 0.624. The summed E-state index contributed by atoms with van der Waals surface area (Å²) in [6.07, 6.45) is 4.22. The summed E-state index contributed by atoms with van der Waals surface area (Å²) >= 11 is 0. The third-order valence-corrected chi connectivity index (χ3v) is 2.69. The van der Waals surface area contributed by atoms with Gasteiger partial charge in [-0.15, -0.1) is 10.2 Å². The van der Waals surface area contributed by atoms with Crippen molar-refractivity contribution in [2.45, 2.75) is 6.42 Å². The van der Waals surface area contributed by atoms with Gasteiger partial charge in [0.15, 0.2) is 0 Å². The molecule has 19 heavy (non-hydrogen) atoms. The molecule has 2 rings (SSSR count). The van der Waals surface area contributed by atoms with Gasteiger partial charge in [0.25, 0.3) is 0 Å². The Morgan fingerprint density at radius 1 is 1.26 bits per heavy atom. The summed E-state index contributed by atoms with van der Waals surface area (Å²) in [5.41, 5.74) is 7.35. The maximum Gasteiger partial charge on any atom is 0.143 e. The molecule has 0 unspecified atom stereocenters. The Morgan fingerprint density at radius 2 is 2.00 bits per heavy atom. The topological polar surface area (TPSA) is 69.2 Å². The van der Waals surface area contributed by atoms with Crippen LogP contribution in [0.1, 0.15) is 6.42 Å². The van der Waals surface area contributed by atoms with E-state index >= 15 is 0 Å². The molecular weight excluding hydrogens is 242 g/mol. The number of ether oxygens (including phenoxy) is 1. The van der Waals surface area contributed by atoms with Crippen LogP contribution in [0.3, 0.4) is 0 Å². The molecule has 0 spiro atoms. The lowest BCUT2D eigenvalue weighted by Gasteiger charge is -2.13. The summed E-state index contributed by atoms with van der Waals surface area (Å²) in [5.74, 6) is 0.785. The van der Waals surface area contributed by atoms with E-state index in [1.807, 2.05) is 32.3 Å². The number of nitrogens with zero attached hydrogens (tertiary/aromatic N) is 4. The van der Waals surface area contributed by atoms with Gasteiger partial charge in [0.2, 0.25) is 0 Å². The Morgan fingerprint density at radius 3 is 2.68 bits per heavy atom. The molecule has 0 fully saturated rings. The highest BCUT2D eigenvalue weighted by Gasteiger charge is 2.07. The molecule has 0 aliphatic heterocycles. The molecule has 0 saturated heterocycles. The first-order chi connectivity index (χ1) is 9.16. The molecule has 2 N–H and O–H groups in total. The Bertz CT molecular complexity index is 510. The molecule has 1 aromatic heterocycles. The van der Waals surface area contributed by atoms with Gasteiger partial charge in [0.05, 0.1) is 12.3 Å².